The first-order valence-electron chi connectivity index (χ1n) is 8.94. The molecule has 2 aromatic rings. The lowest BCUT2D eigenvalue weighted by molar-refractivity contribution is -0.145. The molecular formula is C22H21FO6. The molecule has 0 saturated carbocycles. The van der Waals surface area contributed by atoms with Crippen molar-refractivity contribution in [3.63, 3.8) is 0 Å². The molecule has 0 aromatic heterocycles. The van der Waals surface area contributed by atoms with Crippen molar-refractivity contribution in [3.8, 4) is 22.6 Å². The lowest BCUT2D eigenvalue weighted by Gasteiger charge is -2.09. The summed E-state index contributed by atoms with van der Waals surface area (Å²) in [6.45, 7) is 6.60. The summed E-state index contributed by atoms with van der Waals surface area (Å²) < 4.78 is 29.4. The van der Waals surface area contributed by atoms with E-state index in [1.807, 2.05) is 0 Å². The Morgan fingerprint density at radius 1 is 0.966 bits per heavy atom. The molecule has 0 aliphatic carbocycles. The molecule has 0 bridgehead atoms. The van der Waals surface area contributed by atoms with Crippen LogP contribution in [0.15, 0.2) is 54.6 Å². The zero-order chi connectivity index (χ0) is 21.4. The molecule has 152 valence electrons. The summed E-state index contributed by atoms with van der Waals surface area (Å²) >= 11 is 0. The summed E-state index contributed by atoms with van der Waals surface area (Å²) in [5, 5.41) is 0. The molecule has 29 heavy (non-hydrogen) atoms. The van der Waals surface area contributed by atoms with Crippen molar-refractivity contribution in [2.75, 3.05) is 6.61 Å². The summed E-state index contributed by atoms with van der Waals surface area (Å²) in [5.41, 5.74) is 1.12. The van der Waals surface area contributed by atoms with Crippen molar-refractivity contribution in [3.05, 3.63) is 60.4 Å². The van der Waals surface area contributed by atoms with Crippen molar-refractivity contribution in [2.45, 2.75) is 26.7 Å². The fraction of sp³-hybridized carbons (Fsp3) is 0.227. The molecule has 0 heterocycles. The second-order valence-corrected chi connectivity index (χ2v) is 6.13. The van der Waals surface area contributed by atoms with Gasteiger partial charge in [0.15, 0.2) is 0 Å². The Bertz CT molecular complexity index is 917. The number of rotatable bonds is 8. The second-order valence-electron chi connectivity index (χ2n) is 6.13. The smallest absolute Gasteiger partial charge is 0.338 e. The summed E-state index contributed by atoms with van der Waals surface area (Å²) in [6.07, 6.45) is 0.0957. The monoisotopic (exact) mass is 400 g/mol. The first-order chi connectivity index (χ1) is 13.8. The first kappa shape index (κ1) is 21.8. The Kier molecular flexibility index (Phi) is 7.65. The van der Waals surface area contributed by atoms with Gasteiger partial charge in [0.05, 0.1) is 6.42 Å². The van der Waals surface area contributed by atoms with Gasteiger partial charge in [-0.2, -0.15) is 0 Å². The van der Waals surface area contributed by atoms with Crippen LogP contribution in [-0.2, 0) is 19.1 Å². The predicted molar refractivity (Wildman–Crippen MR) is 104 cm³/mol. The van der Waals surface area contributed by atoms with Crippen LogP contribution >= 0.6 is 0 Å². The molecule has 2 aromatic carbocycles. The van der Waals surface area contributed by atoms with E-state index in [4.69, 9.17) is 14.2 Å². The molecule has 0 atom stereocenters. The summed E-state index contributed by atoms with van der Waals surface area (Å²) in [7, 11) is 0. The third kappa shape index (κ3) is 6.57. The van der Waals surface area contributed by atoms with Gasteiger partial charge < -0.3 is 14.2 Å². The Morgan fingerprint density at radius 3 is 2.21 bits per heavy atom. The number of esters is 3. The van der Waals surface area contributed by atoms with E-state index < -0.39 is 23.7 Å². The van der Waals surface area contributed by atoms with Crippen LogP contribution in [0.1, 0.15) is 26.7 Å². The van der Waals surface area contributed by atoms with Gasteiger partial charge in [-0.1, -0.05) is 25.6 Å². The summed E-state index contributed by atoms with van der Waals surface area (Å²) in [5.74, 6) is -1.81. The Hall–Kier alpha value is -3.48. The first-order valence-corrected chi connectivity index (χ1v) is 8.94. The van der Waals surface area contributed by atoms with E-state index in [2.05, 4.69) is 6.58 Å². The normalized spacial score (nSPS) is 10.2. The largest absolute Gasteiger partial charge is 0.465 e. The average Bonchev–Trinajstić information content (AvgIpc) is 2.68. The number of benzene rings is 2. The van der Waals surface area contributed by atoms with Crippen molar-refractivity contribution >= 4 is 17.9 Å². The van der Waals surface area contributed by atoms with E-state index in [0.717, 1.165) is 6.07 Å². The lowest BCUT2D eigenvalue weighted by Crippen LogP contribution is -2.13. The summed E-state index contributed by atoms with van der Waals surface area (Å²) in [4.78, 5) is 34.3. The van der Waals surface area contributed by atoms with Crippen LogP contribution in [0.3, 0.4) is 0 Å². The number of carbonyl (C=O) groups excluding carboxylic acids is 3. The van der Waals surface area contributed by atoms with Crippen LogP contribution in [0, 0.1) is 5.82 Å². The molecule has 0 N–H and O–H groups in total. The minimum Gasteiger partial charge on any atom is -0.465 e. The van der Waals surface area contributed by atoms with E-state index >= 15 is 0 Å². The molecule has 7 heteroatoms. The quantitative estimate of drug-likeness (QED) is 0.375. The topological polar surface area (TPSA) is 78.9 Å². The molecule has 0 unspecified atom stereocenters. The van der Waals surface area contributed by atoms with Gasteiger partial charge in [0, 0.05) is 23.6 Å². The Labute approximate surface area is 167 Å². The molecule has 0 radical (unpaired) electrons. The number of halogens is 1. The van der Waals surface area contributed by atoms with Crippen molar-refractivity contribution in [1.82, 2.24) is 0 Å². The maximum Gasteiger partial charge on any atom is 0.338 e. The van der Waals surface area contributed by atoms with Gasteiger partial charge in [0.2, 0.25) is 0 Å². The molecule has 6 nitrogen and oxygen atoms in total. The number of ether oxygens (including phenoxy) is 3. The second kappa shape index (κ2) is 10.2. The molecule has 0 saturated heterocycles. The molecule has 0 aliphatic rings. The lowest BCUT2D eigenvalue weighted by atomic mass is 10.0. The number of hydrogen-bond donors (Lipinski definition) is 0. The van der Waals surface area contributed by atoms with E-state index in [9.17, 15) is 18.8 Å². The maximum absolute atomic E-state index is 14.4. The van der Waals surface area contributed by atoms with Crippen LogP contribution in [-0.4, -0.2) is 24.5 Å². The van der Waals surface area contributed by atoms with Crippen LogP contribution in [0.4, 0.5) is 4.39 Å². The van der Waals surface area contributed by atoms with Gasteiger partial charge in [0.25, 0.3) is 0 Å². The zero-order valence-corrected chi connectivity index (χ0v) is 16.2. The SMILES string of the molecule is C=C(C)C(=O)Oc1ccc(-c2ccc(OC(=O)CCOC(=O)CC)cc2F)cc1. The summed E-state index contributed by atoms with van der Waals surface area (Å²) in [6, 6.07) is 10.3. The van der Waals surface area contributed by atoms with Crippen molar-refractivity contribution in [1.29, 1.82) is 0 Å². The van der Waals surface area contributed by atoms with Gasteiger partial charge >= 0.3 is 17.9 Å². The Morgan fingerprint density at radius 2 is 1.62 bits per heavy atom. The van der Waals surface area contributed by atoms with Crippen LogP contribution in [0.25, 0.3) is 11.1 Å². The van der Waals surface area contributed by atoms with Crippen LogP contribution < -0.4 is 9.47 Å². The Balaban J connectivity index is 2.00. The van der Waals surface area contributed by atoms with E-state index in [1.165, 1.54) is 19.1 Å². The average molecular weight is 400 g/mol. The molecule has 2 rings (SSSR count). The molecule has 0 amide bonds. The fourth-order valence-corrected chi connectivity index (χ4v) is 2.22. The van der Waals surface area contributed by atoms with Gasteiger partial charge in [-0.25, -0.2) is 9.18 Å². The molecular weight excluding hydrogens is 379 g/mol. The highest BCUT2D eigenvalue weighted by Gasteiger charge is 2.12. The highest BCUT2D eigenvalue weighted by molar-refractivity contribution is 5.88. The fourth-order valence-electron chi connectivity index (χ4n) is 2.22. The molecule has 0 spiro atoms. The van der Waals surface area contributed by atoms with Crippen LogP contribution in [0.2, 0.25) is 0 Å². The highest BCUT2D eigenvalue weighted by Crippen LogP contribution is 2.28. The minimum absolute atomic E-state index is 0.0464. The van der Waals surface area contributed by atoms with Gasteiger partial charge in [-0.3, -0.25) is 9.59 Å². The van der Waals surface area contributed by atoms with Gasteiger partial charge in [-0.05, 0) is 36.8 Å². The minimum atomic E-state index is -0.635. The maximum atomic E-state index is 14.4. The highest BCUT2D eigenvalue weighted by atomic mass is 19.1. The van der Waals surface area contributed by atoms with E-state index in [-0.39, 0.29) is 30.8 Å². The standard InChI is InChI=1S/C22H21FO6/c1-4-20(24)27-12-11-21(25)28-17-9-10-18(19(23)13-17)15-5-7-16(8-6-15)29-22(26)14(2)3/h5-10,13H,2,4,11-12H2,1,3H3. The van der Waals surface area contributed by atoms with E-state index in [1.54, 1.807) is 31.2 Å². The number of hydrogen-bond acceptors (Lipinski definition) is 6. The number of carbonyl (C=O) groups is 3. The van der Waals surface area contributed by atoms with Crippen molar-refractivity contribution < 1.29 is 33.0 Å². The van der Waals surface area contributed by atoms with Crippen LogP contribution in [0.5, 0.6) is 11.5 Å². The van der Waals surface area contributed by atoms with Gasteiger partial charge in [0.1, 0.15) is 23.9 Å². The third-order valence-corrected chi connectivity index (χ3v) is 3.75. The molecule has 0 aliphatic heterocycles. The van der Waals surface area contributed by atoms with Gasteiger partial charge in [-0.15, -0.1) is 0 Å². The zero-order valence-electron chi connectivity index (χ0n) is 16.2. The van der Waals surface area contributed by atoms with E-state index in [0.29, 0.717) is 16.9 Å². The third-order valence-electron chi connectivity index (χ3n) is 3.75. The predicted octanol–water partition coefficient (Wildman–Crippen LogP) is 4.22. The van der Waals surface area contributed by atoms with Crippen molar-refractivity contribution in [2.24, 2.45) is 0 Å². The molecule has 0 fully saturated rings.